The lowest BCUT2D eigenvalue weighted by Gasteiger charge is -2.31. The van der Waals surface area contributed by atoms with Crippen LogP contribution in [0, 0.1) is 0 Å². The van der Waals surface area contributed by atoms with Crippen molar-refractivity contribution in [3.63, 3.8) is 0 Å². The number of benzene rings is 1. The van der Waals surface area contributed by atoms with Gasteiger partial charge in [-0.1, -0.05) is 18.2 Å². The minimum atomic E-state index is 0.101. The average molecular weight is 386 g/mol. The minimum Gasteiger partial charge on any atom is -0.339 e. The number of pyridine rings is 1. The molecule has 1 aromatic carbocycles. The van der Waals surface area contributed by atoms with Crippen molar-refractivity contribution < 1.29 is 4.79 Å². The highest BCUT2D eigenvalue weighted by Crippen LogP contribution is 2.27. The van der Waals surface area contributed by atoms with Crippen molar-refractivity contribution in [2.75, 3.05) is 13.1 Å². The first-order chi connectivity index (χ1) is 14.3. The molecule has 1 amide bonds. The molecule has 0 unspecified atom stereocenters. The summed E-state index contributed by atoms with van der Waals surface area (Å²) in [5.41, 5.74) is 2.76. The fourth-order valence-corrected chi connectivity index (χ4v) is 4.01. The summed E-state index contributed by atoms with van der Waals surface area (Å²) in [6.07, 6.45) is 9.31. The average Bonchev–Trinajstić information content (AvgIpc) is 3.44. The van der Waals surface area contributed by atoms with Gasteiger partial charge in [0.05, 0.1) is 6.33 Å². The number of likely N-dealkylation sites (tertiary alicyclic amines) is 1. The summed E-state index contributed by atoms with van der Waals surface area (Å²) in [6, 6.07) is 13.8. The van der Waals surface area contributed by atoms with Crippen LogP contribution in [0.4, 0.5) is 0 Å². The first kappa shape index (κ1) is 17.6. The van der Waals surface area contributed by atoms with E-state index in [2.05, 4.69) is 19.6 Å². The second kappa shape index (κ2) is 7.50. The molecule has 0 aliphatic carbocycles. The van der Waals surface area contributed by atoms with Gasteiger partial charge in [0.15, 0.2) is 5.65 Å². The molecule has 0 saturated carbocycles. The molecule has 7 heteroatoms. The fraction of sp³-hybridized carbons (Fsp3) is 0.273. The molecule has 146 valence electrons. The molecule has 0 N–H and O–H groups in total. The summed E-state index contributed by atoms with van der Waals surface area (Å²) in [5.74, 6) is 1.43. The standard InChI is InChI=1S/C22H22N6O/c29-22(19-6-4-17(5-7-19)15-26-14-10-23-16-26)27-12-8-18(9-13-27)21-25-24-20-3-1-2-11-28(20)21/h1-7,10-11,14,16,18H,8-9,12-13,15H2. The molecule has 29 heavy (non-hydrogen) atoms. The maximum atomic E-state index is 12.9. The Bertz CT molecular complexity index is 1110. The number of fused-ring (bicyclic) bond motifs is 1. The van der Waals surface area contributed by atoms with Crippen molar-refractivity contribution in [3.05, 3.63) is 84.3 Å². The van der Waals surface area contributed by atoms with Gasteiger partial charge in [-0.25, -0.2) is 4.98 Å². The Hall–Kier alpha value is -3.48. The van der Waals surface area contributed by atoms with Crippen molar-refractivity contribution in [1.82, 2.24) is 29.0 Å². The van der Waals surface area contributed by atoms with E-state index in [9.17, 15) is 4.79 Å². The summed E-state index contributed by atoms with van der Waals surface area (Å²) in [6.45, 7) is 2.23. The maximum absolute atomic E-state index is 12.9. The van der Waals surface area contributed by atoms with E-state index in [0.717, 1.165) is 55.1 Å². The molecule has 4 aromatic rings. The van der Waals surface area contributed by atoms with Crippen LogP contribution in [0.5, 0.6) is 0 Å². The van der Waals surface area contributed by atoms with Crippen molar-refractivity contribution in [3.8, 4) is 0 Å². The third-order valence-electron chi connectivity index (χ3n) is 5.61. The number of aromatic nitrogens is 5. The summed E-state index contributed by atoms with van der Waals surface area (Å²) in [5, 5.41) is 8.65. The summed E-state index contributed by atoms with van der Waals surface area (Å²) >= 11 is 0. The van der Waals surface area contributed by atoms with E-state index in [-0.39, 0.29) is 5.91 Å². The topological polar surface area (TPSA) is 68.3 Å². The van der Waals surface area contributed by atoms with Crippen molar-refractivity contribution in [2.24, 2.45) is 0 Å². The number of piperidine rings is 1. The van der Waals surface area contributed by atoms with Gasteiger partial charge < -0.3 is 9.47 Å². The van der Waals surface area contributed by atoms with E-state index in [1.165, 1.54) is 0 Å². The molecule has 1 aliphatic rings. The smallest absolute Gasteiger partial charge is 0.253 e. The fourth-order valence-electron chi connectivity index (χ4n) is 4.01. The predicted molar refractivity (Wildman–Crippen MR) is 109 cm³/mol. The summed E-state index contributed by atoms with van der Waals surface area (Å²) in [4.78, 5) is 18.9. The molecule has 0 radical (unpaired) electrons. The number of hydrogen-bond donors (Lipinski definition) is 0. The van der Waals surface area contributed by atoms with Crippen LogP contribution in [-0.4, -0.2) is 48.0 Å². The Morgan fingerprint density at radius 3 is 2.59 bits per heavy atom. The molecule has 1 saturated heterocycles. The van der Waals surface area contributed by atoms with E-state index >= 15 is 0 Å². The number of carbonyl (C=O) groups is 1. The van der Waals surface area contributed by atoms with E-state index < -0.39 is 0 Å². The quantitative estimate of drug-likeness (QED) is 0.541. The highest BCUT2D eigenvalue weighted by molar-refractivity contribution is 5.94. The number of rotatable bonds is 4. The van der Waals surface area contributed by atoms with E-state index in [1.807, 2.05) is 64.3 Å². The second-order valence-electron chi connectivity index (χ2n) is 7.49. The number of hydrogen-bond acceptors (Lipinski definition) is 4. The number of nitrogens with zero attached hydrogens (tertiary/aromatic N) is 6. The van der Waals surface area contributed by atoms with Gasteiger partial charge in [0.25, 0.3) is 5.91 Å². The van der Waals surface area contributed by atoms with Crippen LogP contribution in [-0.2, 0) is 6.54 Å². The van der Waals surface area contributed by atoms with Crippen molar-refractivity contribution >= 4 is 11.6 Å². The molecule has 4 heterocycles. The minimum absolute atomic E-state index is 0.101. The van der Waals surface area contributed by atoms with Gasteiger partial charge in [-0.3, -0.25) is 9.20 Å². The largest absolute Gasteiger partial charge is 0.339 e. The van der Waals surface area contributed by atoms with E-state index in [0.29, 0.717) is 5.92 Å². The van der Waals surface area contributed by atoms with Crippen LogP contribution in [0.2, 0.25) is 0 Å². The zero-order valence-electron chi connectivity index (χ0n) is 16.1. The lowest BCUT2D eigenvalue weighted by atomic mass is 9.95. The van der Waals surface area contributed by atoms with Crippen LogP contribution in [0.3, 0.4) is 0 Å². The molecular formula is C22H22N6O. The lowest BCUT2D eigenvalue weighted by Crippen LogP contribution is -2.38. The number of carbonyl (C=O) groups excluding carboxylic acids is 1. The maximum Gasteiger partial charge on any atom is 0.253 e. The Kier molecular flexibility index (Phi) is 4.56. The van der Waals surface area contributed by atoms with Gasteiger partial charge in [-0.2, -0.15) is 0 Å². The molecule has 1 fully saturated rings. The molecule has 5 rings (SSSR count). The Morgan fingerprint density at radius 1 is 1.00 bits per heavy atom. The zero-order valence-corrected chi connectivity index (χ0v) is 16.1. The molecule has 0 atom stereocenters. The summed E-state index contributed by atoms with van der Waals surface area (Å²) in [7, 11) is 0. The Labute approximate surface area is 168 Å². The van der Waals surface area contributed by atoms with Crippen LogP contribution < -0.4 is 0 Å². The zero-order chi connectivity index (χ0) is 19.6. The molecular weight excluding hydrogens is 364 g/mol. The Morgan fingerprint density at radius 2 is 1.83 bits per heavy atom. The van der Waals surface area contributed by atoms with Crippen LogP contribution in [0.1, 0.15) is 40.5 Å². The van der Waals surface area contributed by atoms with Crippen LogP contribution in [0.25, 0.3) is 5.65 Å². The number of amides is 1. The lowest BCUT2D eigenvalue weighted by molar-refractivity contribution is 0.0711. The van der Waals surface area contributed by atoms with Crippen molar-refractivity contribution in [1.29, 1.82) is 0 Å². The van der Waals surface area contributed by atoms with E-state index in [4.69, 9.17) is 0 Å². The van der Waals surface area contributed by atoms with Gasteiger partial charge in [0.1, 0.15) is 5.82 Å². The van der Waals surface area contributed by atoms with Gasteiger partial charge in [0, 0.05) is 49.7 Å². The second-order valence-corrected chi connectivity index (χ2v) is 7.49. The SMILES string of the molecule is O=C(c1ccc(Cn2ccnc2)cc1)N1CCC(c2nnc3ccccn23)CC1. The molecule has 1 aliphatic heterocycles. The highest BCUT2D eigenvalue weighted by atomic mass is 16.2. The number of imidazole rings is 1. The molecule has 7 nitrogen and oxygen atoms in total. The first-order valence-electron chi connectivity index (χ1n) is 9.91. The third kappa shape index (κ3) is 3.51. The van der Waals surface area contributed by atoms with Gasteiger partial charge in [-0.05, 0) is 42.7 Å². The normalized spacial score (nSPS) is 15.1. The van der Waals surface area contributed by atoms with Gasteiger partial charge >= 0.3 is 0 Å². The van der Waals surface area contributed by atoms with Crippen molar-refractivity contribution in [2.45, 2.75) is 25.3 Å². The monoisotopic (exact) mass is 386 g/mol. The third-order valence-corrected chi connectivity index (χ3v) is 5.61. The van der Waals surface area contributed by atoms with E-state index in [1.54, 1.807) is 12.5 Å². The van der Waals surface area contributed by atoms with Crippen LogP contribution >= 0.6 is 0 Å². The first-order valence-corrected chi connectivity index (χ1v) is 9.91. The molecule has 0 spiro atoms. The van der Waals surface area contributed by atoms with Crippen LogP contribution in [0.15, 0.2) is 67.4 Å². The highest BCUT2D eigenvalue weighted by Gasteiger charge is 2.27. The Balaban J connectivity index is 1.23. The predicted octanol–water partition coefficient (Wildman–Crippen LogP) is 2.99. The summed E-state index contributed by atoms with van der Waals surface area (Å²) < 4.78 is 4.07. The molecule has 0 bridgehead atoms. The van der Waals surface area contributed by atoms with Gasteiger partial charge in [-0.15, -0.1) is 10.2 Å². The van der Waals surface area contributed by atoms with Gasteiger partial charge in [0.2, 0.25) is 0 Å². The molecule has 3 aromatic heterocycles.